The molecule has 0 atom stereocenters. The summed E-state index contributed by atoms with van der Waals surface area (Å²) in [6.07, 6.45) is 14.5. The molecule has 139 valence electrons. The number of carbonyl (C=O) groups excluding carboxylic acids is 1. The van der Waals surface area contributed by atoms with Crippen LogP contribution in [0.4, 0.5) is 0 Å². The predicted molar refractivity (Wildman–Crippen MR) is 96.8 cm³/mol. The fraction of sp³-hybridized carbons (Fsp3) is 0.611. The topological polar surface area (TPSA) is 103 Å². The van der Waals surface area contributed by atoms with Crippen LogP contribution in [0.1, 0.15) is 71.1 Å². The second-order valence-corrected chi connectivity index (χ2v) is 5.64. The Balaban J connectivity index is 4.42. The van der Waals surface area contributed by atoms with Gasteiger partial charge in [0.15, 0.2) is 6.29 Å². The van der Waals surface area contributed by atoms with Gasteiger partial charge in [0.25, 0.3) is 0 Å². The highest BCUT2D eigenvalue weighted by atomic mass is 16.6. The van der Waals surface area contributed by atoms with Crippen LogP contribution in [0.5, 0.6) is 0 Å². The molecule has 0 bridgehead atoms. The van der Waals surface area contributed by atoms with Crippen LogP contribution in [0, 0.1) is 20.2 Å². The third kappa shape index (κ3) is 12.7. The van der Waals surface area contributed by atoms with Crippen molar-refractivity contribution in [3.8, 4) is 0 Å². The summed E-state index contributed by atoms with van der Waals surface area (Å²) in [4.78, 5) is 31.2. The molecule has 0 spiro atoms. The Labute approximate surface area is 148 Å². The van der Waals surface area contributed by atoms with E-state index in [0.717, 1.165) is 32.1 Å². The van der Waals surface area contributed by atoms with Crippen molar-refractivity contribution in [3.63, 3.8) is 0 Å². The molecule has 0 aromatic heterocycles. The molecule has 0 amide bonds. The average Bonchev–Trinajstić information content (AvgIpc) is 2.57. The van der Waals surface area contributed by atoms with Crippen LogP contribution in [-0.2, 0) is 4.79 Å². The quantitative estimate of drug-likeness (QED) is 0.181. The van der Waals surface area contributed by atoms with Gasteiger partial charge in [-0.05, 0) is 37.8 Å². The van der Waals surface area contributed by atoms with Crippen molar-refractivity contribution < 1.29 is 14.6 Å². The lowest BCUT2D eigenvalue weighted by Crippen LogP contribution is -2.00. The van der Waals surface area contributed by atoms with Gasteiger partial charge in [-0.3, -0.25) is 25.0 Å². The first kappa shape index (κ1) is 22.7. The number of nitro groups is 2. The molecule has 0 N–H and O–H groups in total. The third-order valence-electron chi connectivity index (χ3n) is 3.62. The molecule has 0 heterocycles. The van der Waals surface area contributed by atoms with Crippen LogP contribution in [-0.4, -0.2) is 16.1 Å². The summed E-state index contributed by atoms with van der Waals surface area (Å²) in [6, 6.07) is 0. The van der Waals surface area contributed by atoms with Gasteiger partial charge < -0.3 is 0 Å². The van der Waals surface area contributed by atoms with E-state index in [1.807, 2.05) is 19.3 Å². The Morgan fingerprint density at radius 3 is 2.12 bits per heavy atom. The maximum Gasteiger partial charge on any atom is 0.246 e. The highest BCUT2D eigenvalue weighted by Gasteiger charge is 2.11. The Hall–Kier alpha value is -2.31. The lowest BCUT2D eigenvalue weighted by atomic mass is 10.1. The van der Waals surface area contributed by atoms with Gasteiger partial charge in [-0.25, -0.2) is 0 Å². The summed E-state index contributed by atoms with van der Waals surface area (Å²) in [5.74, 6) is 0. The first-order valence-electron chi connectivity index (χ1n) is 8.69. The van der Waals surface area contributed by atoms with Gasteiger partial charge in [0.1, 0.15) is 0 Å². The fourth-order valence-electron chi connectivity index (χ4n) is 2.24. The number of allylic oxidation sites excluding steroid dienone is 5. The molecule has 0 rings (SSSR count). The van der Waals surface area contributed by atoms with Gasteiger partial charge in [0, 0.05) is 12.8 Å². The first-order valence-corrected chi connectivity index (χ1v) is 8.69. The monoisotopic (exact) mass is 351 g/mol. The van der Waals surface area contributed by atoms with E-state index in [1.54, 1.807) is 6.08 Å². The van der Waals surface area contributed by atoms with Gasteiger partial charge in [0.05, 0.1) is 16.3 Å². The molecule has 0 fully saturated rings. The number of hydrogen-bond acceptors (Lipinski definition) is 5. The molecule has 0 aliphatic rings. The SMILES string of the molecule is CC/C=C\C/C(=C\C/C=C(\CCCCCCC[C]=O)[N+](=O)[O-])[N+](=O)[O-]. The van der Waals surface area contributed by atoms with Crippen molar-refractivity contribution in [2.75, 3.05) is 0 Å². The summed E-state index contributed by atoms with van der Waals surface area (Å²) in [5, 5.41) is 22.0. The van der Waals surface area contributed by atoms with Gasteiger partial charge in [-0.2, -0.15) is 0 Å². The summed E-state index contributed by atoms with van der Waals surface area (Å²) in [6.45, 7) is 1.94. The van der Waals surface area contributed by atoms with Crippen LogP contribution in [0.2, 0.25) is 0 Å². The van der Waals surface area contributed by atoms with Gasteiger partial charge >= 0.3 is 0 Å². The Kier molecular flexibility index (Phi) is 13.8. The molecule has 7 nitrogen and oxygen atoms in total. The van der Waals surface area contributed by atoms with Crippen LogP contribution in [0.15, 0.2) is 35.7 Å². The zero-order valence-corrected chi connectivity index (χ0v) is 14.8. The Bertz CT molecular complexity index is 510. The molecule has 0 aliphatic carbocycles. The maximum atomic E-state index is 11.1. The second kappa shape index (κ2) is 15.2. The minimum Gasteiger partial charge on any atom is -0.291 e. The molecule has 0 unspecified atom stereocenters. The number of hydrogen-bond donors (Lipinski definition) is 0. The Morgan fingerprint density at radius 1 is 0.920 bits per heavy atom. The second-order valence-electron chi connectivity index (χ2n) is 5.64. The van der Waals surface area contributed by atoms with Crippen molar-refractivity contribution >= 4 is 6.29 Å². The highest BCUT2D eigenvalue weighted by Crippen LogP contribution is 2.14. The molecule has 0 aliphatic heterocycles. The molecule has 0 aromatic rings. The fourth-order valence-corrected chi connectivity index (χ4v) is 2.24. The zero-order valence-electron chi connectivity index (χ0n) is 14.8. The predicted octanol–water partition coefficient (Wildman–Crippen LogP) is 4.89. The van der Waals surface area contributed by atoms with E-state index in [2.05, 4.69) is 0 Å². The molecule has 0 saturated carbocycles. The summed E-state index contributed by atoms with van der Waals surface area (Å²) in [5.41, 5.74) is 0.153. The van der Waals surface area contributed by atoms with E-state index in [0.29, 0.717) is 19.3 Å². The van der Waals surface area contributed by atoms with Crippen LogP contribution in [0.25, 0.3) is 0 Å². The molecule has 25 heavy (non-hydrogen) atoms. The number of rotatable bonds is 15. The molecule has 0 saturated heterocycles. The summed E-state index contributed by atoms with van der Waals surface area (Å²) < 4.78 is 0. The minimum absolute atomic E-state index is 0.0515. The highest BCUT2D eigenvalue weighted by molar-refractivity contribution is 5.50. The van der Waals surface area contributed by atoms with E-state index in [9.17, 15) is 25.0 Å². The number of unbranched alkanes of at least 4 members (excludes halogenated alkanes) is 5. The van der Waals surface area contributed by atoms with Crippen LogP contribution < -0.4 is 0 Å². The summed E-state index contributed by atoms with van der Waals surface area (Å²) >= 11 is 0. The van der Waals surface area contributed by atoms with Crippen molar-refractivity contribution in [1.29, 1.82) is 0 Å². The molecule has 7 heteroatoms. The van der Waals surface area contributed by atoms with Gasteiger partial charge in [0.2, 0.25) is 11.4 Å². The number of nitrogens with zero attached hydrogens (tertiary/aromatic N) is 2. The minimum atomic E-state index is -0.448. The molecule has 1 radical (unpaired) electrons. The Morgan fingerprint density at radius 2 is 1.52 bits per heavy atom. The smallest absolute Gasteiger partial charge is 0.246 e. The molecular formula is C18H27N2O5. The van der Waals surface area contributed by atoms with Crippen LogP contribution in [0.3, 0.4) is 0 Å². The normalized spacial score (nSPS) is 12.5. The van der Waals surface area contributed by atoms with Crippen molar-refractivity contribution in [2.24, 2.45) is 0 Å². The molecule has 0 aromatic carbocycles. The largest absolute Gasteiger partial charge is 0.291 e. The lowest BCUT2D eigenvalue weighted by Gasteiger charge is -2.00. The van der Waals surface area contributed by atoms with Crippen molar-refractivity contribution in [1.82, 2.24) is 0 Å². The lowest BCUT2D eigenvalue weighted by molar-refractivity contribution is -0.428. The maximum absolute atomic E-state index is 11.1. The average molecular weight is 351 g/mol. The van der Waals surface area contributed by atoms with Gasteiger partial charge in [-0.1, -0.05) is 38.3 Å². The van der Waals surface area contributed by atoms with Crippen molar-refractivity contribution in [3.05, 3.63) is 55.9 Å². The van der Waals surface area contributed by atoms with Gasteiger partial charge in [-0.15, -0.1) is 0 Å². The van der Waals surface area contributed by atoms with E-state index in [1.165, 1.54) is 12.2 Å². The van der Waals surface area contributed by atoms with Crippen LogP contribution >= 0.6 is 0 Å². The first-order chi connectivity index (χ1) is 12.0. The van der Waals surface area contributed by atoms with E-state index < -0.39 is 9.85 Å². The van der Waals surface area contributed by atoms with Crippen molar-refractivity contribution in [2.45, 2.75) is 71.1 Å². The summed E-state index contributed by atoms with van der Waals surface area (Å²) in [7, 11) is 0. The van der Waals surface area contributed by atoms with E-state index in [-0.39, 0.29) is 24.2 Å². The van der Waals surface area contributed by atoms with E-state index in [4.69, 9.17) is 0 Å². The van der Waals surface area contributed by atoms with E-state index >= 15 is 0 Å². The standard InChI is InChI=1S/C18H27N2O5/c1-2-3-8-12-17(19(22)23)14-11-15-18(20(24)25)13-9-6-4-5-7-10-16-21/h3,8,14-15H,2,4-7,9-13H2,1H3/b8-3-,17-14+,18-15+. The molecular weight excluding hydrogens is 324 g/mol. The third-order valence-corrected chi connectivity index (χ3v) is 3.62. The zero-order chi connectivity index (χ0) is 18.9.